The van der Waals surface area contributed by atoms with E-state index >= 15 is 0 Å². The van der Waals surface area contributed by atoms with E-state index in [-0.39, 0.29) is 40.2 Å². The Labute approximate surface area is 212 Å². The molecule has 0 radical (unpaired) electrons. The van der Waals surface area contributed by atoms with Gasteiger partial charge in [0, 0.05) is 10.8 Å². The summed E-state index contributed by atoms with van der Waals surface area (Å²) >= 11 is 0. The molecule has 0 aliphatic carbocycles. The minimum Gasteiger partial charge on any atom is -0.872 e. The topological polar surface area (TPSA) is 127 Å². The van der Waals surface area contributed by atoms with Gasteiger partial charge in [0.1, 0.15) is 0 Å². The van der Waals surface area contributed by atoms with Gasteiger partial charge in [-0.25, -0.2) is 0 Å². The molecule has 0 bridgehead atoms. The zero-order valence-electron chi connectivity index (χ0n) is 17.9. The number of aryl methyl sites for hydroxylation is 1. The molecule has 1 N–H and O–H groups in total. The number of hydrogen-bond acceptors (Lipinski definition) is 7. The van der Waals surface area contributed by atoms with Gasteiger partial charge >= 0.3 is 29.6 Å². The number of fused-ring (bicyclic) bond motifs is 1. The van der Waals surface area contributed by atoms with Gasteiger partial charge < -0.3 is 5.11 Å². The first-order valence-corrected chi connectivity index (χ1v) is 11.0. The standard InChI is InChI=1S/C23H18N4O4S.Na/c1-15-3-2-4-17(13-15)25-27-23-12-11-22(26-24-16-5-7-18(28)8-6-16)20-10-9-19(14-21(20)23)32(29,30)31;/h2-14,28H,1H3,(H,29,30,31);/q;+1/p-1. The predicted octanol–water partition coefficient (Wildman–Crippen LogP) is 3.30. The third-order valence-electron chi connectivity index (χ3n) is 4.62. The fraction of sp³-hybridized carbons (Fsp3) is 0.0435. The molecular formula is C23H17N4NaO4S. The zero-order chi connectivity index (χ0) is 22.7. The van der Waals surface area contributed by atoms with Gasteiger partial charge in [-0.15, -0.1) is 16.0 Å². The molecule has 160 valence electrons. The Morgan fingerprint density at radius 1 is 0.727 bits per heavy atom. The molecule has 0 aliphatic rings. The van der Waals surface area contributed by atoms with Crippen LogP contribution in [-0.2, 0) is 10.1 Å². The molecule has 8 nitrogen and oxygen atoms in total. The molecule has 0 unspecified atom stereocenters. The van der Waals surface area contributed by atoms with Crippen molar-refractivity contribution in [1.82, 2.24) is 0 Å². The molecule has 33 heavy (non-hydrogen) atoms. The van der Waals surface area contributed by atoms with E-state index < -0.39 is 10.1 Å². The average molecular weight is 468 g/mol. The molecule has 0 aliphatic heterocycles. The number of nitrogens with zero attached hydrogens (tertiary/aromatic N) is 4. The van der Waals surface area contributed by atoms with Gasteiger partial charge in [-0.2, -0.15) is 18.6 Å². The Hall–Kier alpha value is -2.95. The summed E-state index contributed by atoms with van der Waals surface area (Å²) in [4.78, 5) is -0.267. The molecule has 0 heterocycles. The Morgan fingerprint density at radius 3 is 2.00 bits per heavy atom. The summed E-state index contributed by atoms with van der Waals surface area (Å²) in [5.74, 6) is -0.129. The minimum atomic E-state index is -4.41. The Bertz CT molecular complexity index is 1470. The van der Waals surface area contributed by atoms with E-state index in [1.807, 2.05) is 25.1 Å². The van der Waals surface area contributed by atoms with Gasteiger partial charge in [-0.05, 0) is 61.0 Å². The third kappa shape index (κ3) is 6.10. The van der Waals surface area contributed by atoms with E-state index in [9.17, 15) is 18.1 Å². The van der Waals surface area contributed by atoms with Crippen molar-refractivity contribution in [2.24, 2.45) is 20.5 Å². The first-order valence-electron chi connectivity index (χ1n) is 9.51. The van der Waals surface area contributed by atoms with Crippen molar-refractivity contribution in [3.8, 4) is 5.75 Å². The quantitative estimate of drug-likeness (QED) is 0.274. The summed E-state index contributed by atoms with van der Waals surface area (Å²) in [7, 11) is -4.41. The van der Waals surface area contributed by atoms with Crippen molar-refractivity contribution in [3.63, 3.8) is 0 Å². The molecule has 0 fully saturated rings. The molecule has 0 saturated heterocycles. The molecule has 4 aromatic rings. The molecule has 0 amide bonds. The van der Waals surface area contributed by atoms with Gasteiger partial charge in [-0.1, -0.05) is 30.3 Å². The van der Waals surface area contributed by atoms with E-state index in [4.69, 9.17) is 0 Å². The van der Waals surface area contributed by atoms with Crippen molar-refractivity contribution < 1.29 is 47.6 Å². The maximum Gasteiger partial charge on any atom is 1.00 e. The first kappa shape index (κ1) is 24.7. The van der Waals surface area contributed by atoms with E-state index in [0.29, 0.717) is 33.5 Å². The van der Waals surface area contributed by atoms with Crippen LogP contribution in [0.15, 0.2) is 104 Å². The molecule has 0 spiro atoms. The van der Waals surface area contributed by atoms with Crippen LogP contribution in [0.25, 0.3) is 10.8 Å². The number of benzene rings is 4. The van der Waals surface area contributed by atoms with E-state index in [2.05, 4.69) is 20.5 Å². The van der Waals surface area contributed by atoms with Crippen LogP contribution in [0.2, 0.25) is 0 Å². The van der Waals surface area contributed by atoms with Crippen LogP contribution in [0.5, 0.6) is 5.75 Å². The van der Waals surface area contributed by atoms with Gasteiger partial charge in [0.15, 0.2) is 0 Å². The van der Waals surface area contributed by atoms with Crippen molar-refractivity contribution in [2.45, 2.75) is 11.8 Å². The molecule has 4 rings (SSSR count). The monoisotopic (exact) mass is 468 g/mol. The van der Waals surface area contributed by atoms with Crippen LogP contribution in [0, 0.1) is 6.92 Å². The van der Waals surface area contributed by atoms with Gasteiger partial charge in [0.05, 0.1) is 27.6 Å². The van der Waals surface area contributed by atoms with Crippen LogP contribution in [0.4, 0.5) is 22.7 Å². The summed E-state index contributed by atoms with van der Waals surface area (Å²) in [5, 5.41) is 29.1. The van der Waals surface area contributed by atoms with Gasteiger partial charge in [0.2, 0.25) is 0 Å². The summed E-state index contributed by atoms with van der Waals surface area (Å²) in [6.45, 7) is 1.94. The molecule has 0 atom stereocenters. The first-order chi connectivity index (χ1) is 15.3. The van der Waals surface area contributed by atoms with E-state index in [1.165, 1.54) is 30.3 Å². The summed E-state index contributed by atoms with van der Waals surface area (Å²) < 4.78 is 32.8. The normalized spacial score (nSPS) is 11.8. The summed E-state index contributed by atoms with van der Waals surface area (Å²) in [6.07, 6.45) is 0. The van der Waals surface area contributed by atoms with Crippen LogP contribution in [0.3, 0.4) is 0 Å². The Morgan fingerprint density at radius 2 is 1.36 bits per heavy atom. The molecular weight excluding hydrogens is 451 g/mol. The van der Waals surface area contributed by atoms with E-state index in [0.717, 1.165) is 5.56 Å². The minimum absolute atomic E-state index is 0. The predicted molar refractivity (Wildman–Crippen MR) is 119 cm³/mol. The molecule has 0 saturated carbocycles. The second kappa shape index (κ2) is 10.3. The summed E-state index contributed by atoms with van der Waals surface area (Å²) in [6, 6.07) is 20.8. The SMILES string of the molecule is Cc1cccc(N=Nc2ccc(N=Nc3ccc([O-])cc3)c3ccc(S(=O)(=O)O)cc23)c1.[Na+]. The molecule has 4 aromatic carbocycles. The number of azo groups is 2. The van der Waals surface area contributed by atoms with E-state index in [1.54, 1.807) is 30.3 Å². The average Bonchev–Trinajstić information content (AvgIpc) is 2.76. The fourth-order valence-corrected chi connectivity index (χ4v) is 3.56. The van der Waals surface area contributed by atoms with Crippen molar-refractivity contribution in [1.29, 1.82) is 0 Å². The number of rotatable bonds is 5. The van der Waals surface area contributed by atoms with Gasteiger partial charge in [-0.3, -0.25) is 4.55 Å². The maximum absolute atomic E-state index is 11.7. The number of hydrogen-bond donors (Lipinski definition) is 1. The Kier molecular flexibility index (Phi) is 7.72. The largest absolute Gasteiger partial charge is 1.00 e. The zero-order valence-corrected chi connectivity index (χ0v) is 20.7. The Balaban J connectivity index is 0.00000306. The molecule has 0 aromatic heterocycles. The fourth-order valence-electron chi connectivity index (χ4n) is 3.06. The molecule has 10 heteroatoms. The van der Waals surface area contributed by atoms with Gasteiger partial charge in [0.25, 0.3) is 10.1 Å². The van der Waals surface area contributed by atoms with Crippen LogP contribution in [-0.4, -0.2) is 13.0 Å². The summed E-state index contributed by atoms with van der Waals surface area (Å²) in [5.41, 5.74) is 3.04. The van der Waals surface area contributed by atoms with Crippen LogP contribution >= 0.6 is 0 Å². The maximum atomic E-state index is 11.7. The van der Waals surface area contributed by atoms with Crippen LogP contribution < -0.4 is 34.7 Å². The van der Waals surface area contributed by atoms with Crippen LogP contribution in [0.1, 0.15) is 5.56 Å². The van der Waals surface area contributed by atoms with Crippen molar-refractivity contribution in [2.75, 3.05) is 0 Å². The van der Waals surface area contributed by atoms with Crippen molar-refractivity contribution >= 4 is 43.6 Å². The smallest absolute Gasteiger partial charge is 0.872 e. The second-order valence-electron chi connectivity index (χ2n) is 7.02. The second-order valence-corrected chi connectivity index (χ2v) is 8.44. The van der Waals surface area contributed by atoms with Crippen molar-refractivity contribution in [3.05, 3.63) is 84.4 Å². The third-order valence-corrected chi connectivity index (χ3v) is 5.47.